The van der Waals surface area contributed by atoms with Crippen molar-refractivity contribution in [2.45, 2.75) is 19.3 Å². The van der Waals surface area contributed by atoms with Gasteiger partial charge in [0, 0.05) is 23.6 Å². The van der Waals surface area contributed by atoms with Crippen molar-refractivity contribution in [1.29, 1.82) is 0 Å². The number of nitro groups is 1. The molecule has 0 aliphatic heterocycles. The topological polar surface area (TPSA) is 97.7 Å². The number of benzene rings is 1. The standard InChI is InChI=1S/C16H15N3O4/c1-10-8-14(10)15-7-6-13(23-15)9-17-18-16(20)11-2-4-12(5-3-11)19(21)22/h2-7,9-10,14H,8H2,1H3,(H,18,20)/b17-9-/t10-,14-/m1/s1. The second-order valence-electron chi connectivity index (χ2n) is 5.56. The van der Waals surface area contributed by atoms with Crippen LogP contribution >= 0.6 is 0 Å². The first kappa shape index (κ1) is 15.0. The number of carbonyl (C=O) groups is 1. The average Bonchev–Trinajstić information content (AvgIpc) is 3.09. The van der Waals surface area contributed by atoms with Crippen molar-refractivity contribution >= 4 is 17.8 Å². The summed E-state index contributed by atoms with van der Waals surface area (Å²) in [7, 11) is 0. The molecule has 2 aromatic rings. The molecule has 1 aromatic heterocycles. The van der Waals surface area contributed by atoms with Gasteiger partial charge in [-0.05, 0) is 36.6 Å². The minimum absolute atomic E-state index is 0.0672. The number of rotatable bonds is 5. The molecule has 0 unspecified atom stereocenters. The van der Waals surface area contributed by atoms with E-state index in [-0.39, 0.29) is 5.69 Å². The molecule has 0 spiro atoms. The summed E-state index contributed by atoms with van der Waals surface area (Å²) < 4.78 is 5.63. The minimum atomic E-state index is -0.519. The quantitative estimate of drug-likeness (QED) is 0.521. The van der Waals surface area contributed by atoms with Crippen molar-refractivity contribution in [1.82, 2.24) is 5.43 Å². The van der Waals surface area contributed by atoms with Gasteiger partial charge in [0.25, 0.3) is 11.6 Å². The molecule has 2 atom stereocenters. The van der Waals surface area contributed by atoms with Crippen LogP contribution in [0.3, 0.4) is 0 Å². The zero-order valence-corrected chi connectivity index (χ0v) is 12.4. The summed E-state index contributed by atoms with van der Waals surface area (Å²) in [5.41, 5.74) is 2.58. The molecular formula is C16H15N3O4. The molecule has 1 amide bonds. The highest BCUT2D eigenvalue weighted by Crippen LogP contribution is 2.47. The van der Waals surface area contributed by atoms with Crippen molar-refractivity contribution in [2.24, 2.45) is 11.0 Å². The Morgan fingerprint density at radius 3 is 2.65 bits per heavy atom. The number of nitro benzene ring substituents is 1. The van der Waals surface area contributed by atoms with Gasteiger partial charge >= 0.3 is 0 Å². The van der Waals surface area contributed by atoms with Crippen LogP contribution in [0.1, 0.15) is 41.1 Å². The molecule has 1 N–H and O–H groups in total. The van der Waals surface area contributed by atoms with E-state index in [0.29, 0.717) is 23.2 Å². The van der Waals surface area contributed by atoms with E-state index in [4.69, 9.17) is 4.42 Å². The van der Waals surface area contributed by atoms with E-state index in [1.807, 2.05) is 12.1 Å². The van der Waals surface area contributed by atoms with E-state index in [1.54, 1.807) is 0 Å². The second-order valence-corrected chi connectivity index (χ2v) is 5.56. The SMILES string of the molecule is C[C@@H]1C[C@H]1c1ccc(/C=N\NC(=O)c2ccc([N+](=O)[O-])cc2)o1. The van der Waals surface area contributed by atoms with E-state index < -0.39 is 10.8 Å². The van der Waals surface area contributed by atoms with Gasteiger partial charge in [0.1, 0.15) is 11.5 Å². The summed E-state index contributed by atoms with van der Waals surface area (Å²) in [6.45, 7) is 2.17. The fraction of sp³-hybridized carbons (Fsp3) is 0.250. The Bertz CT molecular complexity index is 764. The summed E-state index contributed by atoms with van der Waals surface area (Å²) in [4.78, 5) is 21.9. The van der Waals surface area contributed by atoms with Gasteiger partial charge in [0.15, 0.2) is 0 Å². The number of nitrogens with one attached hydrogen (secondary N) is 1. The highest BCUT2D eigenvalue weighted by atomic mass is 16.6. The molecule has 118 valence electrons. The van der Waals surface area contributed by atoms with Crippen LogP contribution in [0.2, 0.25) is 0 Å². The number of furan rings is 1. The zero-order valence-electron chi connectivity index (χ0n) is 12.4. The molecule has 0 radical (unpaired) electrons. The summed E-state index contributed by atoms with van der Waals surface area (Å²) in [5.74, 6) is 2.22. The molecule has 0 saturated heterocycles. The number of hydrazone groups is 1. The van der Waals surface area contributed by atoms with E-state index in [2.05, 4.69) is 17.5 Å². The second kappa shape index (κ2) is 6.04. The van der Waals surface area contributed by atoms with Crippen LogP contribution in [0.15, 0.2) is 45.9 Å². The van der Waals surface area contributed by atoms with Crippen LogP contribution in [-0.4, -0.2) is 17.0 Å². The van der Waals surface area contributed by atoms with Crippen LogP contribution < -0.4 is 5.43 Å². The normalized spacial score (nSPS) is 19.7. The number of amides is 1. The summed E-state index contributed by atoms with van der Waals surface area (Å²) in [5, 5.41) is 14.4. The highest BCUT2D eigenvalue weighted by Gasteiger charge is 2.36. The Labute approximate surface area is 132 Å². The first-order valence-corrected chi connectivity index (χ1v) is 7.22. The fourth-order valence-electron chi connectivity index (χ4n) is 2.31. The van der Waals surface area contributed by atoms with Gasteiger partial charge in [0.05, 0.1) is 11.1 Å². The summed E-state index contributed by atoms with van der Waals surface area (Å²) in [6, 6.07) is 9.03. The number of hydrogen-bond acceptors (Lipinski definition) is 5. The molecule has 23 heavy (non-hydrogen) atoms. The van der Waals surface area contributed by atoms with Crippen molar-refractivity contribution in [2.75, 3.05) is 0 Å². The lowest BCUT2D eigenvalue weighted by Crippen LogP contribution is -2.17. The lowest BCUT2D eigenvalue weighted by molar-refractivity contribution is -0.384. The first-order valence-electron chi connectivity index (χ1n) is 7.22. The Morgan fingerprint density at radius 2 is 2.04 bits per heavy atom. The largest absolute Gasteiger partial charge is 0.460 e. The van der Waals surface area contributed by atoms with Gasteiger partial charge in [-0.3, -0.25) is 14.9 Å². The monoisotopic (exact) mass is 313 g/mol. The van der Waals surface area contributed by atoms with Crippen molar-refractivity contribution in [3.05, 3.63) is 63.6 Å². The van der Waals surface area contributed by atoms with Crippen LogP contribution in [0, 0.1) is 16.0 Å². The van der Waals surface area contributed by atoms with Gasteiger partial charge in [-0.25, -0.2) is 5.43 Å². The number of non-ortho nitro benzene ring substituents is 1. The highest BCUT2D eigenvalue weighted by molar-refractivity contribution is 5.94. The van der Waals surface area contributed by atoms with E-state index >= 15 is 0 Å². The molecular weight excluding hydrogens is 298 g/mol. The molecule has 0 bridgehead atoms. The maximum Gasteiger partial charge on any atom is 0.271 e. The molecule has 7 heteroatoms. The molecule has 1 aliphatic carbocycles. The number of carbonyl (C=O) groups excluding carboxylic acids is 1. The van der Waals surface area contributed by atoms with E-state index in [9.17, 15) is 14.9 Å². The predicted octanol–water partition coefficient (Wildman–Crippen LogP) is 3.08. The Morgan fingerprint density at radius 1 is 1.35 bits per heavy atom. The molecule has 3 rings (SSSR count). The predicted molar refractivity (Wildman–Crippen MR) is 83.4 cm³/mol. The van der Waals surface area contributed by atoms with E-state index in [1.165, 1.54) is 30.5 Å². The first-order chi connectivity index (χ1) is 11.0. The van der Waals surface area contributed by atoms with Gasteiger partial charge in [-0.15, -0.1) is 0 Å². The molecule has 7 nitrogen and oxygen atoms in total. The van der Waals surface area contributed by atoms with Crippen LogP contribution in [0.4, 0.5) is 5.69 Å². The van der Waals surface area contributed by atoms with Gasteiger partial charge in [0.2, 0.25) is 0 Å². The van der Waals surface area contributed by atoms with Gasteiger partial charge in [-0.1, -0.05) is 6.92 Å². The maximum absolute atomic E-state index is 11.9. The van der Waals surface area contributed by atoms with Crippen LogP contribution in [0.5, 0.6) is 0 Å². The molecule has 1 heterocycles. The third kappa shape index (κ3) is 3.45. The molecule has 1 fully saturated rings. The molecule has 1 aliphatic rings. The number of hydrogen-bond donors (Lipinski definition) is 1. The number of nitrogens with zero attached hydrogens (tertiary/aromatic N) is 2. The fourth-order valence-corrected chi connectivity index (χ4v) is 2.31. The third-order valence-electron chi connectivity index (χ3n) is 3.82. The maximum atomic E-state index is 11.9. The molecule has 1 aromatic carbocycles. The Kier molecular flexibility index (Phi) is 3.92. The van der Waals surface area contributed by atoms with Gasteiger partial charge < -0.3 is 4.42 Å². The lowest BCUT2D eigenvalue weighted by atomic mass is 10.2. The average molecular weight is 313 g/mol. The molecule has 1 saturated carbocycles. The van der Waals surface area contributed by atoms with E-state index in [0.717, 1.165) is 12.2 Å². The Hall–Kier alpha value is -2.96. The smallest absolute Gasteiger partial charge is 0.271 e. The van der Waals surface area contributed by atoms with Crippen LogP contribution in [0.25, 0.3) is 0 Å². The summed E-state index contributed by atoms with van der Waals surface area (Å²) in [6.07, 6.45) is 2.57. The lowest BCUT2D eigenvalue weighted by Gasteiger charge is -1.98. The van der Waals surface area contributed by atoms with Crippen molar-refractivity contribution < 1.29 is 14.1 Å². The minimum Gasteiger partial charge on any atom is -0.460 e. The van der Waals surface area contributed by atoms with Crippen LogP contribution in [-0.2, 0) is 0 Å². The third-order valence-corrected chi connectivity index (χ3v) is 3.82. The van der Waals surface area contributed by atoms with Crippen molar-refractivity contribution in [3.63, 3.8) is 0 Å². The summed E-state index contributed by atoms with van der Waals surface area (Å²) >= 11 is 0. The zero-order chi connectivity index (χ0) is 16.4. The van der Waals surface area contributed by atoms with Gasteiger partial charge in [-0.2, -0.15) is 5.10 Å². The van der Waals surface area contributed by atoms with Crippen molar-refractivity contribution in [3.8, 4) is 0 Å². The Balaban J connectivity index is 1.57.